The van der Waals surface area contributed by atoms with E-state index in [-0.39, 0.29) is 18.0 Å². The topological polar surface area (TPSA) is 91.8 Å². The fourth-order valence-corrected chi connectivity index (χ4v) is 2.57. The Labute approximate surface area is 142 Å². The van der Waals surface area contributed by atoms with Crippen molar-refractivity contribution in [2.45, 2.75) is 11.7 Å². The number of aromatic amines is 1. The van der Waals surface area contributed by atoms with Crippen LogP contribution in [-0.4, -0.2) is 44.0 Å². The van der Waals surface area contributed by atoms with Crippen molar-refractivity contribution in [2.75, 3.05) is 13.3 Å². The van der Waals surface area contributed by atoms with E-state index >= 15 is 0 Å². The second-order valence-electron chi connectivity index (χ2n) is 5.15. The molecule has 3 rings (SSSR count). The largest absolute Gasteiger partial charge is 0.334 e. The number of thioether (sulfide) groups is 1. The first-order chi connectivity index (χ1) is 11.6. The molecule has 0 aliphatic rings. The van der Waals surface area contributed by atoms with E-state index in [1.165, 1.54) is 29.1 Å². The van der Waals surface area contributed by atoms with Gasteiger partial charge in [0, 0.05) is 19.4 Å². The summed E-state index contributed by atoms with van der Waals surface area (Å²) in [5.41, 5.74) is 0.771. The van der Waals surface area contributed by atoms with Crippen LogP contribution in [-0.2, 0) is 6.54 Å². The molecule has 3 aromatic rings. The number of H-pyrrole nitrogens is 1. The number of aromatic nitrogens is 4. The lowest BCUT2D eigenvalue weighted by atomic mass is 10.2. The third-order valence-electron chi connectivity index (χ3n) is 3.45. The molecule has 0 fully saturated rings. The summed E-state index contributed by atoms with van der Waals surface area (Å²) in [4.78, 5) is 41.2. The Kier molecular flexibility index (Phi) is 4.57. The minimum atomic E-state index is -0.238. The molecule has 122 valence electrons. The van der Waals surface area contributed by atoms with Gasteiger partial charge in [0.25, 0.3) is 11.5 Å². The normalized spacial score (nSPS) is 10.8. The molecule has 0 atom stereocenters. The molecule has 1 N–H and O–H groups in total. The molecular formula is C16H15N5O2S. The summed E-state index contributed by atoms with van der Waals surface area (Å²) in [6.07, 6.45) is 4.85. The van der Waals surface area contributed by atoms with Crippen molar-refractivity contribution in [3.8, 4) is 0 Å². The highest BCUT2D eigenvalue weighted by Gasteiger charge is 2.15. The van der Waals surface area contributed by atoms with Crippen LogP contribution in [0, 0.1) is 0 Å². The van der Waals surface area contributed by atoms with Crippen molar-refractivity contribution in [2.24, 2.45) is 0 Å². The summed E-state index contributed by atoms with van der Waals surface area (Å²) in [7, 11) is 1.64. The van der Waals surface area contributed by atoms with Crippen LogP contribution >= 0.6 is 11.8 Å². The van der Waals surface area contributed by atoms with Crippen molar-refractivity contribution in [3.63, 3.8) is 0 Å². The average molecular weight is 341 g/mol. The SMILES string of the molecule is CSc1ncc(C(=O)N(C)Cc2nc3ccccc3c(=O)[nH]2)cn1. The first-order valence-electron chi connectivity index (χ1n) is 7.18. The second-order valence-corrected chi connectivity index (χ2v) is 5.92. The zero-order valence-corrected chi connectivity index (χ0v) is 14.0. The fraction of sp³-hybridized carbons (Fsp3) is 0.188. The number of para-hydroxylation sites is 1. The predicted octanol–water partition coefficient (Wildman–Crippen LogP) is 1.71. The van der Waals surface area contributed by atoms with Crippen LogP contribution in [0.5, 0.6) is 0 Å². The van der Waals surface area contributed by atoms with Gasteiger partial charge in [-0.15, -0.1) is 0 Å². The molecule has 1 aromatic carbocycles. The van der Waals surface area contributed by atoms with Crippen molar-refractivity contribution in [1.82, 2.24) is 24.8 Å². The molecule has 0 saturated heterocycles. The van der Waals surface area contributed by atoms with Crippen molar-refractivity contribution in [3.05, 3.63) is 58.4 Å². The van der Waals surface area contributed by atoms with Crippen LogP contribution in [0.2, 0.25) is 0 Å². The molecule has 0 spiro atoms. The summed E-state index contributed by atoms with van der Waals surface area (Å²) in [6.45, 7) is 0.184. The van der Waals surface area contributed by atoms with Crippen molar-refractivity contribution >= 4 is 28.6 Å². The Morgan fingerprint density at radius 2 is 1.96 bits per heavy atom. The first-order valence-corrected chi connectivity index (χ1v) is 8.40. The Hall–Kier alpha value is -2.74. The number of amides is 1. The van der Waals surface area contributed by atoms with Gasteiger partial charge in [0.15, 0.2) is 5.16 Å². The van der Waals surface area contributed by atoms with Gasteiger partial charge in [0.2, 0.25) is 0 Å². The average Bonchev–Trinajstić information content (AvgIpc) is 2.61. The van der Waals surface area contributed by atoms with Crippen LogP contribution in [0.1, 0.15) is 16.2 Å². The highest BCUT2D eigenvalue weighted by Crippen LogP contribution is 2.10. The summed E-state index contributed by atoms with van der Waals surface area (Å²) in [6, 6.07) is 7.08. The monoisotopic (exact) mass is 341 g/mol. The first kappa shape index (κ1) is 16.1. The number of rotatable bonds is 4. The maximum Gasteiger partial charge on any atom is 0.258 e. The minimum absolute atomic E-state index is 0.184. The van der Waals surface area contributed by atoms with E-state index in [9.17, 15) is 9.59 Å². The van der Waals surface area contributed by atoms with E-state index in [4.69, 9.17) is 0 Å². The molecule has 2 heterocycles. The third-order valence-corrected chi connectivity index (χ3v) is 4.03. The quantitative estimate of drug-likeness (QED) is 0.574. The molecule has 7 nitrogen and oxygen atoms in total. The standard InChI is InChI=1S/C16H15N5O2S/c1-21(15(23)10-7-17-16(24-2)18-8-10)9-13-19-12-6-4-3-5-11(12)14(22)20-13/h3-8H,9H2,1-2H3,(H,19,20,22). The molecule has 0 unspecified atom stereocenters. The highest BCUT2D eigenvalue weighted by atomic mass is 32.2. The molecule has 0 saturated carbocycles. The van der Waals surface area contributed by atoms with Gasteiger partial charge in [-0.1, -0.05) is 23.9 Å². The maximum atomic E-state index is 12.4. The zero-order valence-electron chi connectivity index (χ0n) is 13.2. The van der Waals surface area contributed by atoms with Gasteiger partial charge in [-0.05, 0) is 18.4 Å². The molecule has 0 aliphatic carbocycles. The van der Waals surface area contributed by atoms with E-state index in [1.54, 1.807) is 25.2 Å². The maximum absolute atomic E-state index is 12.4. The third kappa shape index (κ3) is 3.28. The molecule has 0 bridgehead atoms. The van der Waals surface area contributed by atoms with Gasteiger partial charge in [-0.25, -0.2) is 15.0 Å². The van der Waals surface area contributed by atoms with Gasteiger partial charge in [0.1, 0.15) is 5.82 Å². The van der Waals surface area contributed by atoms with E-state index < -0.39 is 0 Å². The van der Waals surface area contributed by atoms with E-state index in [2.05, 4.69) is 19.9 Å². The molecule has 1 amide bonds. The number of hydrogen-bond donors (Lipinski definition) is 1. The van der Waals surface area contributed by atoms with Crippen LogP contribution < -0.4 is 5.56 Å². The molecule has 24 heavy (non-hydrogen) atoms. The van der Waals surface area contributed by atoms with Gasteiger partial charge >= 0.3 is 0 Å². The smallest absolute Gasteiger partial charge is 0.258 e. The van der Waals surface area contributed by atoms with Gasteiger partial charge in [0.05, 0.1) is 23.0 Å². The number of fused-ring (bicyclic) bond motifs is 1. The van der Waals surface area contributed by atoms with E-state index in [0.717, 1.165) is 0 Å². The zero-order chi connectivity index (χ0) is 17.1. The number of benzene rings is 1. The lowest BCUT2D eigenvalue weighted by Gasteiger charge is -2.16. The molecular weight excluding hydrogens is 326 g/mol. The highest BCUT2D eigenvalue weighted by molar-refractivity contribution is 7.98. The Balaban J connectivity index is 1.82. The summed E-state index contributed by atoms with van der Waals surface area (Å²) < 4.78 is 0. The Bertz CT molecular complexity index is 939. The number of nitrogens with one attached hydrogen (secondary N) is 1. The van der Waals surface area contributed by atoms with Crippen LogP contribution in [0.3, 0.4) is 0 Å². The molecule has 8 heteroatoms. The van der Waals surface area contributed by atoms with Crippen LogP contribution in [0.25, 0.3) is 10.9 Å². The predicted molar refractivity (Wildman–Crippen MR) is 92.0 cm³/mol. The second kappa shape index (κ2) is 6.79. The van der Waals surface area contributed by atoms with Crippen LogP contribution in [0.15, 0.2) is 46.6 Å². The number of carbonyl (C=O) groups excluding carboxylic acids is 1. The summed E-state index contributed by atoms with van der Waals surface area (Å²) in [5, 5.41) is 1.13. The van der Waals surface area contributed by atoms with E-state index in [1.807, 2.05) is 12.3 Å². The molecule has 0 radical (unpaired) electrons. The molecule has 2 aromatic heterocycles. The summed E-state index contributed by atoms with van der Waals surface area (Å²) in [5.74, 6) is 0.190. The molecule has 0 aliphatic heterocycles. The Morgan fingerprint density at radius 3 is 2.67 bits per heavy atom. The van der Waals surface area contributed by atoms with Crippen molar-refractivity contribution in [1.29, 1.82) is 0 Å². The fourth-order valence-electron chi connectivity index (χ4n) is 2.26. The number of nitrogens with zero attached hydrogens (tertiary/aromatic N) is 4. The van der Waals surface area contributed by atoms with Crippen LogP contribution in [0.4, 0.5) is 0 Å². The van der Waals surface area contributed by atoms with Gasteiger partial charge < -0.3 is 9.88 Å². The lowest BCUT2D eigenvalue weighted by Crippen LogP contribution is -2.28. The lowest BCUT2D eigenvalue weighted by molar-refractivity contribution is 0.0780. The Morgan fingerprint density at radius 1 is 1.25 bits per heavy atom. The summed E-state index contributed by atoms with van der Waals surface area (Å²) >= 11 is 1.41. The van der Waals surface area contributed by atoms with E-state index in [0.29, 0.717) is 27.4 Å². The number of carbonyl (C=O) groups is 1. The van der Waals surface area contributed by atoms with Gasteiger partial charge in [-0.3, -0.25) is 9.59 Å². The van der Waals surface area contributed by atoms with Crippen molar-refractivity contribution < 1.29 is 4.79 Å². The minimum Gasteiger partial charge on any atom is -0.334 e. The van der Waals surface area contributed by atoms with Gasteiger partial charge in [-0.2, -0.15) is 0 Å². The number of hydrogen-bond acceptors (Lipinski definition) is 6.